The molecule has 36 heavy (non-hydrogen) atoms. The summed E-state index contributed by atoms with van der Waals surface area (Å²) in [5.74, 6) is -0.0483. The van der Waals surface area contributed by atoms with Crippen LogP contribution < -0.4 is 0 Å². The Labute approximate surface area is 211 Å². The second-order valence-corrected chi connectivity index (χ2v) is 9.40. The van der Waals surface area contributed by atoms with Crippen LogP contribution in [-0.4, -0.2) is 39.9 Å². The van der Waals surface area contributed by atoms with E-state index in [0.29, 0.717) is 17.1 Å². The number of carbonyl (C=O) groups is 2. The van der Waals surface area contributed by atoms with Crippen molar-refractivity contribution in [2.75, 3.05) is 13.2 Å². The molecule has 1 amide bonds. The van der Waals surface area contributed by atoms with Gasteiger partial charge >= 0.3 is 5.97 Å². The number of ether oxygens (including phenoxy) is 1. The van der Waals surface area contributed by atoms with Gasteiger partial charge in [-0.15, -0.1) is 0 Å². The van der Waals surface area contributed by atoms with Gasteiger partial charge in [-0.2, -0.15) is 0 Å². The summed E-state index contributed by atoms with van der Waals surface area (Å²) in [4.78, 5) is 35.4. The lowest BCUT2D eigenvalue weighted by atomic mass is 9.92. The SMILES string of the molecule is CCOC(=O)c1nc(CN(CCC(F)c2ccccc2)C(=O)C2(c3ccc(CC)cc3)CC2)[nH]c1C. The zero-order valence-electron chi connectivity index (χ0n) is 21.2. The number of H-pyrrole nitrogens is 1. The van der Waals surface area contributed by atoms with Crippen LogP contribution in [0.25, 0.3) is 0 Å². The second-order valence-electron chi connectivity index (χ2n) is 9.40. The number of rotatable bonds is 11. The molecule has 7 heteroatoms. The first-order chi connectivity index (χ1) is 17.4. The molecule has 1 aliphatic carbocycles. The summed E-state index contributed by atoms with van der Waals surface area (Å²) in [7, 11) is 0. The number of aromatic amines is 1. The smallest absolute Gasteiger partial charge is 0.358 e. The molecule has 1 unspecified atom stereocenters. The van der Waals surface area contributed by atoms with Gasteiger partial charge in [-0.25, -0.2) is 14.2 Å². The number of aryl methyl sites for hydroxylation is 2. The van der Waals surface area contributed by atoms with Crippen LogP contribution >= 0.6 is 0 Å². The van der Waals surface area contributed by atoms with Crippen molar-refractivity contribution in [2.45, 2.75) is 64.6 Å². The summed E-state index contributed by atoms with van der Waals surface area (Å²) < 4.78 is 20.1. The van der Waals surface area contributed by atoms with Crippen LogP contribution in [0.15, 0.2) is 54.6 Å². The number of esters is 1. The largest absolute Gasteiger partial charge is 0.461 e. The van der Waals surface area contributed by atoms with Crippen LogP contribution in [0, 0.1) is 6.92 Å². The molecule has 1 aromatic heterocycles. The van der Waals surface area contributed by atoms with Crippen LogP contribution in [0.3, 0.4) is 0 Å². The van der Waals surface area contributed by atoms with Gasteiger partial charge in [0.25, 0.3) is 0 Å². The fourth-order valence-electron chi connectivity index (χ4n) is 4.64. The number of benzene rings is 2. The Morgan fingerprint density at radius 1 is 1.11 bits per heavy atom. The number of nitrogens with zero attached hydrogens (tertiary/aromatic N) is 2. The molecule has 1 fully saturated rings. The predicted octanol–water partition coefficient (Wildman–Crippen LogP) is 5.62. The summed E-state index contributed by atoms with van der Waals surface area (Å²) in [6.45, 7) is 6.24. The van der Waals surface area contributed by atoms with Gasteiger partial charge in [-0.05, 0) is 49.8 Å². The molecule has 190 valence electrons. The highest BCUT2D eigenvalue weighted by molar-refractivity contribution is 5.91. The fourth-order valence-corrected chi connectivity index (χ4v) is 4.64. The van der Waals surface area contributed by atoms with Crippen LogP contribution in [-0.2, 0) is 27.9 Å². The number of amides is 1. The van der Waals surface area contributed by atoms with Gasteiger partial charge in [0.2, 0.25) is 5.91 Å². The molecule has 0 bridgehead atoms. The Kier molecular flexibility index (Phi) is 7.87. The molecule has 6 nitrogen and oxygen atoms in total. The number of nitrogens with one attached hydrogen (secondary N) is 1. The number of alkyl halides is 1. The van der Waals surface area contributed by atoms with Gasteiger partial charge < -0.3 is 14.6 Å². The van der Waals surface area contributed by atoms with E-state index < -0.39 is 17.6 Å². The molecule has 1 N–H and O–H groups in total. The Morgan fingerprint density at radius 3 is 2.42 bits per heavy atom. The minimum Gasteiger partial charge on any atom is -0.461 e. The summed E-state index contributed by atoms with van der Waals surface area (Å²) in [6.07, 6.45) is 1.44. The predicted molar refractivity (Wildman–Crippen MR) is 136 cm³/mol. The van der Waals surface area contributed by atoms with Crippen molar-refractivity contribution in [1.29, 1.82) is 0 Å². The van der Waals surface area contributed by atoms with Crippen LogP contribution in [0.5, 0.6) is 0 Å². The number of hydrogen-bond donors (Lipinski definition) is 1. The highest BCUT2D eigenvalue weighted by atomic mass is 19.1. The Morgan fingerprint density at radius 2 is 1.81 bits per heavy atom. The van der Waals surface area contributed by atoms with Crippen molar-refractivity contribution in [2.24, 2.45) is 0 Å². The van der Waals surface area contributed by atoms with Gasteiger partial charge in [-0.3, -0.25) is 4.79 Å². The Balaban J connectivity index is 1.57. The normalized spacial score (nSPS) is 14.8. The average Bonchev–Trinajstić information content (AvgIpc) is 3.63. The third-order valence-electron chi connectivity index (χ3n) is 6.92. The molecule has 2 aromatic carbocycles. The van der Waals surface area contributed by atoms with E-state index in [9.17, 15) is 9.59 Å². The topological polar surface area (TPSA) is 75.3 Å². The minimum absolute atomic E-state index is 0.0289. The molecule has 1 saturated carbocycles. The van der Waals surface area contributed by atoms with Crippen molar-refractivity contribution in [3.63, 3.8) is 0 Å². The number of aromatic nitrogens is 2. The van der Waals surface area contributed by atoms with Gasteiger partial charge in [0.05, 0.1) is 18.6 Å². The van der Waals surface area contributed by atoms with Crippen LogP contribution in [0.4, 0.5) is 4.39 Å². The van der Waals surface area contributed by atoms with E-state index in [1.54, 1.807) is 30.9 Å². The van der Waals surface area contributed by atoms with E-state index in [0.717, 1.165) is 24.8 Å². The molecule has 0 aliphatic heterocycles. The third-order valence-corrected chi connectivity index (χ3v) is 6.92. The van der Waals surface area contributed by atoms with E-state index in [1.807, 2.05) is 30.3 Å². The quantitative estimate of drug-likeness (QED) is 0.353. The van der Waals surface area contributed by atoms with Gasteiger partial charge in [0.15, 0.2) is 5.69 Å². The molecule has 0 spiro atoms. The molecule has 3 aromatic rings. The lowest BCUT2D eigenvalue weighted by Crippen LogP contribution is -2.40. The standard InChI is InChI=1S/C29H34FN3O3/c1-4-21-11-13-23(14-12-21)29(16-17-29)28(35)33(18-15-24(30)22-9-7-6-8-10-22)19-25-31-20(3)26(32-25)27(34)36-5-2/h6-14,24H,4-5,15-19H2,1-3H3,(H,31,32). The number of hydrogen-bond acceptors (Lipinski definition) is 4. The van der Waals surface area contributed by atoms with E-state index in [-0.39, 0.29) is 37.7 Å². The molecule has 0 radical (unpaired) electrons. The van der Waals surface area contributed by atoms with Crippen molar-refractivity contribution in [1.82, 2.24) is 14.9 Å². The van der Waals surface area contributed by atoms with Crippen molar-refractivity contribution >= 4 is 11.9 Å². The summed E-state index contributed by atoms with van der Waals surface area (Å²) >= 11 is 0. The van der Waals surface area contributed by atoms with Gasteiger partial charge in [0.1, 0.15) is 12.0 Å². The van der Waals surface area contributed by atoms with Gasteiger partial charge in [0, 0.05) is 18.7 Å². The molecule has 1 aliphatic rings. The molecule has 1 heterocycles. The maximum absolute atomic E-state index is 15.1. The molecular formula is C29H34FN3O3. The van der Waals surface area contributed by atoms with Crippen molar-refractivity contribution in [3.05, 3.63) is 88.5 Å². The highest BCUT2D eigenvalue weighted by Crippen LogP contribution is 2.50. The number of halogens is 1. The first-order valence-corrected chi connectivity index (χ1v) is 12.7. The van der Waals surface area contributed by atoms with Gasteiger partial charge in [-0.1, -0.05) is 61.5 Å². The first kappa shape index (κ1) is 25.6. The molecule has 4 rings (SSSR count). The second kappa shape index (κ2) is 11.1. The van der Waals surface area contributed by atoms with Crippen LogP contribution in [0.1, 0.15) is 78.0 Å². The maximum Gasteiger partial charge on any atom is 0.358 e. The van der Waals surface area contributed by atoms with E-state index >= 15 is 4.39 Å². The highest BCUT2D eigenvalue weighted by Gasteiger charge is 2.53. The monoisotopic (exact) mass is 491 g/mol. The molecule has 0 saturated heterocycles. The van der Waals surface area contributed by atoms with Crippen molar-refractivity contribution < 1.29 is 18.7 Å². The zero-order valence-corrected chi connectivity index (χ0v) is 21.2. The van der Waals surface area contributed by atoms with Crippen LogP contribution in [0.2, 0.25) is 0 Å². The Hall–Kier alpha value is -3.48. The van der Waals surface area contributed by atoms with E-state index in [1.165, 1.54) is 5.56 Å². The fraction of sp³-hybridized carbons (Fsp3) is 0.414. The average molecular weight is 492 g/mol. The molecular weight excluding hydrogens is 457 g/mol. The van der Waals surface area contributed by atoms with Crippen molar-refractivity contribution in [3.8, 4) is 0 Å². The molecule has 1 atom stereocenters. The maximum atomic E-state index is 15.1. The Bertz CT molecular complexity index is 1190. The summed E-state index contributed by atoms with van der Waals surface area (Å²) in [5.41, 5.74) is 3.02. The number of carbonyl (C=O) groups excluding carboxylic acids is 2. The lowest BCUT2D eigenvalue weighted by Gasteiger charge is -2.28. The van der Waals surface area contributed by atoms with E-state index in [4.69, 9.17) is 4.74 Å². The summed E-state index contributed by atoms with van der Waals surface area (Å²) in [5, 5.41) is 0. The summed E-state index contributed by atoms with van der Waals surface area (Å²) in [6, 6.07) is 17.2. The zero-order chi connectivity index (χ0) is 25.7. The first-order valence-electron chi connectivity index (χ1n) is 12.7. The number of imidazole rings is 1. The third kappa shape index (κ3) is 5.50. The lowest BCUT2D eigenvalue weighted by molar-refractivity contribution is -0.135. The minimum atomic E-state index is -1.19. The van der Waals surface area contributed by atoms with E-state index in [2.05, 4.69) is 29.0 Å².